The van der Waals surface area contributed by atoms with E-state index in [2.05, 4.69) is 11.1 Å². The fraction of sp³-hybridized carbons (Fsp3) is 0.188. The predicted molar refractivity (Wildman–Crippen MR) is 82.1 cm³/mol. The minimum Gasteiger partial charge on any atom is -0.331 e. The van der Waals surface area contributed by atoms with Crippen molar-refractivity contribution in [2.24, 2.45) is 0 Å². The summed E-state index contributed by atoms with van der Waals surface area (Å²) in [6.45, 7) is 4.08. The zero-order chi connectivity index (χ0) is 14.3. The predicted octanol–water partition coefficient (Wildman–Crippen LogP) is 4.76. The van der Waals surface area contributed by atoms with Gasteiger partial charge < -0.3 is 9.55 Å². The van der Waals surface area contributed by atoms with Gasteiger partial charge in [0.25, 0.3) is 0 Å². The summed E-state index contributed by atoms with van der Waals surface area (Å²) in [5.41, 5.74) is 4.13. The molecule has 0 spiro atoms. The Hall–Kier alpha value is -1.94. The van der Waals surface area contributed by atoms with Gasteiger partial charge >= 0.3 is 0 Å². The molecule has 0 aliphatic rings. The number of hydrogen-bond acceptors (Lipinski definition) is 1. The third-order valence-electron chi connectivity index (χ3n) is 3.59. The van der Waals surface area contributed by atoms with Crippen molar-refractivity contribution in [1.29, 1.82) is 0 Å². The summed E-state index contributed by atoms with van der Waals surface area (Å²) in [7, 11) is 0. The van der Waals surface area contributed by atoms with E-state index >= 15 is 0 Å². The first-order chi connectivity index (χ1) is 9.56. The number of aromatic nitrogens is 2. The highest BCUT2D eigenvalue weighted by molar-refractivity contribution is 7.71. The van der Waals surface area contributed by atoms with E-state index in [0.29, 0.717) is 4.77 Å². The molecule has 0 aliphatic carbocycles. The van der Waals surface area contributed by atoms with Crippen molar-refractivity contribution in [3.8, 4) is 0 Å². The molecule has 3 rings (SSSR count). The molecular weight excluding hydrogens is 271 g/mol. The fourth-order valence-electron chi connectivity index (χ4n) is 2.53. The lowest BCUT2D eigenvalue weighted by molar-refractivity contribution is 0.607. The number of H-pyrrole nitrogens is 1. The van der Waals surface area contributed by atoms with Crippen molar-refractivity contribution in [3.05, 3.63) is 64.2 Å². The van der Waals surface area contributed by atoms with Gasteiger partial charge in [0.05, 0.1) is 17.1 Å². The first-order valence-electron chi connectivity index (χ1n) is 6.52. The third kappa shape index (κ3) is 2.16. The number of nitrogens with one attached hydrogen (secondary N) is 1. The van der Waals surface area contributed by atoms with E-state index < -0.39 is 0 Å². The molecule has 1 aromatic heterocycles. The van der Waals surface area contributed by atoms with Crippen LogP contribution in [0.3, 0.4) is 0 Å². The van der Waals surface area contributed by atoms with Crippen LogP contribution in [-0.2, 0) is 0 Å². The summed E-state index contributed by atoms with van der Waals surface area (Å²) in [4.78, 5) is 3.20. The van der Waals surface area contributed by atoms with Crippen molar-refractivity contribution < 1.29 is 4.39 Å². The zero-order valence-electron chi connectivity index (χ0n) is 11.4. The maximum absolute atomic E-state index is 13.4. The van der Waals surface area contributed by atoms with Crippen LogP contribution in [0.15, 0.2) is 42.5 Å². The normalized spacial score (nSPS) is 12.8. The summed E-state index contributed by atoms with van der Waals surface area (Å²) in [5, 5.41) is 0. The van der Waals surface area contributed by atoms with Crippen LogP contribution in [0, 0.1) is 17.5 Å². The molecule has 3 aromatic rings. The molecule has 0 amide bonds. The fourth-order valence-corrected chi connectivity index (χ4v) is 2.90. The maximum Gasteiger partial charge on any atom is 0.178 e. The molecular formula is C16H15FN2S. The molecule has 1 heterocycles. The quantitative estimate of drug-likeness (QED) is 0.674. The molecule has 102 valence electrons. The average molecular weight is 286 g/mol. The lowest BCUT2D eigenvalue weighted by atomic mass is 10.1. The van der Waals surface area contributed by atoms with Gasteiger partial charge in [-0.05, 0) is 61.5 Å². The summed E-state index contributed by atoms with van der Waals surface area (Å²) in [5.74, 6) is -0.225. The first kappa shape index (κ1) is 13.1. The molecule has 0 saturated heterocycles. The Kier molecular flexibility index (Phi) is 3.18. The van der Waals surface area contributed by atoms with Crippen LogP contribution in [-0.4, -0.2) is 9.55 Å². The molecule has 2 nitrogen and oxygen atoms in total. The van der Waals surface area contributed by atoms with E-state index in [1.54, 1.807) is 12.1 Å². The topological polar surface area (TPSA) is 20.7 Å². The van der Waals surface area contributed by atoms with Crippen molar-refractivity contribution in [2.45, 2.75) is 19.9 Å². The summed E-state index contributed by atoms with van der Waals surface area (Å²) < 4.78 is 16.1. The summed E-state index contributed by atoms with van der Waals surface area (Å²) >= 11 is 5.42. The molecule has 0 saturated carbocycles. The Morgan fingerprint density at radius 1 is 1.20 bits per heavy atom. The van der Waals surface area contributed by atoms with Crippen LogP contribution in [0.1, 0.15) is 24.1 Å². The Morgan fingerprint density at radius 3 is 2.75 bits per heavy atom. The van der Waals surface area contributed by atoms with Crippen molar-refractivity contribution >= 4 is 23.3 Å². The monoisotopic (exact) mass is 286 g/mol. The molecule has 4 heteroatoms. The minimum atomic E-state index is -0.225. The van der Waals surface area contributed by atoms with E-state index in [1.165, 1.54) is 11.6 Å². The summed E-state index contributed by atoms with van der Waals surface area (Å²) in [6, 6.07) is 12.8. The lowest BCUT2D eigenvalue weighted by Gasteiger charge is -2.15. The number of rotatable bonds is 2. The summed E-state index contributed by atoms with van der Waals surface area (Å²) in [6.07, 6.45) is 0. The average Bonchev–Trinajstić information content (AvgIpc) is 2.73. The second kappa shape index (κ2) is 4.87. The second-order valence-corrected chi connectivity index (χ2v) is 5.44. The Labute approximate surface area is 121 Å². The van der Waals surface area contributed by atoms with Crippen LogP contribution in [0.25, 0.3) is 11.0 Å². The van der Waals surface area contributed by atoms with Crippen molar-refractivity contribution in [3.63, 3.8) is 0 Å². The van der Waals surface area contributed by atoms with E-state index in [0.717, 1.165) is 16.6 Å². The van der Waals surface area contributed by atoms with Crippen molar-refractivity contribution in [2.75, 3.05) is 0 Å². The Bertz CT molecular complexity index is 832. The van der Waals surface area contributed by atoms with Crippen LogP contribution in [0.2, 0.25) is 0 Å². The van der Waals surface area contributed by atoms with Gasteiger partial charge in [0.15, 0.2) is 4.77 Å². The Balaban J connectivity index is 2.21. The smallest absolute Gasteiger partial charge is 0.178 e. The van der Waals surface area contributed by atoms with E-state index in [9.17, 15) is 4.39 Å². The second-order valence-electron chi connectivity index (χ2n) is 5.05. The molecule has 0 fully saturated rings. The van der Waals surface area contributed by atoms with Gasteiger partial charge in [0.2, 0.25) is 0 Å². The molecule has 1 unspecified atom stereocenters. The van der Waals surface area contributed by atoms with E-state index in [1.807, 2.05) is 36.6 Å². The number of aryl methyl sites for hydroxylation is 1. The van der Waals surface area contributed by atoms with Gasteiger partial charge in [-0.15, -0.1) is 0 Å². The standard InChI is InChI=1S/C16H15FN2S/c1-10-6-7-14-15(8-10)19(16(20)18-14)11(2)12-4-3-5-13(17)9-12/h3-9,11H,1-2H3,(H,18,20). The number of nitrogens with zero attached hydrogens (tertiary/aromatic N) is 1. The van der Waals surface area contributed by atoms with Gasteiger partial charge in [0.1, 0.15) is 5.82 Å². The molecule has 1 N–H and O–H groups in total. The molecule has 0 radical (unpaired) electrons. The SMILES string of the molecule is Cc1ccc2[nH]c(=S)n(C(C)c3cccc(F)c3)c2c1. The number of benzene rings is 2. The number of halogens is 1. The van der Waals surface area contributed by atoms with Crippen LogP contribution >= 0.6 is 12.2 Å². The number of fused-ring (bicyclic) bond motifs is 1. The van der Waals surface area contributed by atoms with Gasteiger partial charge in [0, 0.05) is 0 Å². The van der Waals surface area contributed by atoms with Gasteiger partial charge in [-0.2, -0.15) is 0 Å². The third-order valence-corrected chi connectivity index (χ3v) is 3.89. The van der Waals surface area contributed by atoms with E-state index in [4.69, 9.17) is 12.2 Å². The van der Waals surface area contributed by atoms with Crippen molar-refractivity contribution in [1.82, 2.24) is 9.55 Å². The Morgan fingerprint density at radius 2 is 2.00 bits per heavy atom. The highest BCUT2D eigenvalue weighted by atomic mass is 32.1. The van der Waals surface area contributed by atoms with Crippen LogP contribution in [0.4, 0.5) is 4.39 Å². The minimum absolute atomic E-state index is 0.0197. The highest BCUT2D eigenvalue weighted by Crippen LogP contribution is 2.25. The molecule has 1 atom stereocenters. The maximum atomic E-state index is 13.4. The van der Waals surface area contributed by atoms with Crippen LogP contribution in [0.5, 0.6) is 0 Å². The van der Waals surface area contributed by atoms with Gasteiger partial charge in [-0.3, -0.25) is 0 Å². The lowest BCUT2D eigenvalue weighted by Crippen LogP contribution is -2.07. The number of aromatic amines is 1. The van der Waals surface area contributed by atoms with Gasteiger partial charge in [-0.1, -0.05) is 18.2 Å². The highest BCUT2D eigenvalue weighted by Gasteiger charge is 2.13. The number of hydrogen-bond donors (Lipinski definition) is 1. The first-order valence-corrected chi connectivity index (χ1v) is 6.93. The van der Waals surface area contributed by atoms with E-state index in [-0.39, 0.29) is 11.9 Å². The number of imidazole rings is 1. The molecule has 2 aromatic carbocycles. The van der Waals surface area contributed by atoms with Gasteiger partial charge in [-0.25, -0.2) is 4.39 Å². The molecule has 0 bridgehead atoms. The van der Waals surface area contributed by atoms with Crippen LogP contribution < -0.4 is 0 Å². The molecule has 20 heavy (non-hydrogen) atoms. The molecule has 0 aliphatic heterocycles. The largest absolute Gasteiger partial charge is 0.331 e. The zero-order valence-corrected chi connectivity index (χ0v) is 12.2.